The van der Waals surface area contributed by atoms with Crippen LogP contribution in [0.15, 0.2) is 24.3 Å². The summed E-state index contributed by atoms with van der Waals surface area (Å²) in [6.07, 6.45) is 8.49. The minimum Gasteiger partial charge on any atom is -0.454 e. The van der Waals surface area contributed by atoms with Gasteiger partial charge in [-0.1, -0.05) is 45.9 Å². The van der Waals surface area contributed by atoms with Crippen molar-refractivity contribution in [1.29, 1.82) is 0 Å². The van der Waals surface area contributed by atoms with Crippen LogP contribution in [0.25, 0.3) is 0 Å². The second kappa shape index (κ2) is 15.6. The molecule has 0 aliphatic carbocycles. The minimum absolute atomic E-state index is 0.159. The summed E-state index contributed by atoms with van der Waals surface area (Å²) < 4.78 is 10.4. The van der Waals surface area contributed by atoms with Gasteiger partial charge in [-0.15, -0.1) is 23.5 Å². The summed E-state index contributed by atoms with van der Waals surface area (Å²) in [5.41, 5.74) is -0.868. The van der Waals surface area contributed by atoms with Gasteiger partial charge in [-0.05, 0) is 41.5 Å². The number of carbonyl (C=O) groups is 2. The van der Waals surface area contributed by atoms with Crippen molar-refractivity contribution in [2.24, 2.45) is 10.8 Å². The Balaban J connectivity index is 3.45. The highest BCUT2D eigenvalue weighted by molar-refractivity contribution is 8.76. The molecule has 0 aromatic rings. The van der Waals surface area contributed by atoms with E-state index in [-0.39, 0.29) is 11.9 Å². The molecule has 0 aliphatic heterocycles. The molecule has 0 N–H and O–H groups in total. The van der Waals surface area contributed by atoms with Crippen LogP contribution >= 0.6 is 45.1 Å². The fourth-order valence-corrected chi connectivity index (χ4v) is 4.09. The highest BCUT2D eigenvalue weighted by Gasteiger charge is 2.23. The van der Waals surface area contributed by atoms with Crippen molar-refractivity contribution in [3.8, 4) is 0 Å². The fourth-order valence-electron chi connectivity index (χ4n) is 1.30. The van der Waals surface area contributed by atoms with E-state index < -0.39 is 10.8 Å². The van der Waals surface area contributed by atoms with E-state index in [1.54, 1.807) is 23.5 Å². The zero-order valence-electron chi connectivity index (χ0n) is 17.8. The summed E-state index contributed by atoms with van der Waals surface area (Å²) in [6, 6.07) is 0. The van der Waals surface area contributed by atoms with Crippen LogP contribution < -0.4 is 0 Å². The predicted octanol–water partition coefficient (Wildman–Crippen LogP) is 6.04. The summed E-state index contributed by atoms with van der Waals surface area (Å²) in [6.45, 7) is 11.1. The normalized spacial score (nSPS) is 12.6. The highest BCUT2D eigenvalue weighted by atomic mass is 33.1. The SMILES string of the molecule is CC(C)(C)C(=O)OCSCC=CCSSCC=CCSCOC(=O)C(C)(C)C. The molecule has 0 aromatic carbocycles. The summed E-state index contributed by atoms with van der Waals surface area (Å²) in [5, 5.41) is 0. The maximum absolute atomic E-state index is 11.6. The molecule has 0 bridgehead atoms. The largest absolute Gasteiger partial charge is 0.454 e. The molecule has 162 valence electrons. The Kier molecular flexibility index (Phi) is 15.5. The Morgan fingerprint density at radius 2 is 0.964 bits per heavy atom. The van der Waals surface area contributed by atoms with Crippen LogP contribution in [0.1, 0.15) is 41.5 Å². The molecule has 0 rings (SSSR count). The molecule has 4 nitrogen and oxygen atoms in total. The average molecular weight is 467 g/mol. The number of ether oxygens (including phenoxy) is 2. The zero-order valence-corrected chi connectivity index (χ0v) is 21.1. The van der Waals surface area contributed by atoms with Gasteiger partial charge in [0.1, 0.15) is 11.9 Å². The molecule has 0 radical (unpaired) electrons. The van der Waals surface area contributed by atoms with Crippen molar-refractivity contribution < 1.29 is 19.1 Å². The summed E-state index contributed by atoms with van der Waals surface area (Å²) in [7, 11) is 3.62. The molecule has 8 heteroatoms. The first-order valence-corrected chi connectivity index (χ1v) is 13.9. The van der Waals surface area contributed by atoms with E-state index in [0.717, 1.165) is 23.0 Å². The first kappa shape index (κ1) is 27.8. The Hall–Kier alpha value is -0.180. The monoisotopic (exact) mass is 466 g/mol. The summed E-state index contributed by atoms with van der Waals surface area (Å²) in [4.78, 5) is 23.2. The van der Waals surface area contributed by atoms with Crippen molar-refractivity contribution in [2.45, 2.75) is 41.5 Å². The number of rotatable bonds is 13. The van der Waals surface area contributed by atoms with Crippen LogP contribution in [0.3, 0.4) is 0 Å². The van der Waals surface area contributed by atoms with E-state index >= 15 is 0 Å². The second-order valence-electron chi connectivity index (χ2n) is 7.85. The van der Waals surface area contributed by atoms with Crippen molar-refractivity contribution in [3.05, 3.63) is 24.3 Å². The van der Waals surface area contributed by atoms with Crippen molar-refractivity contribution in [1.82, 2.24) is 0 Å². The lowest BCUT2D eigenvalue weighted by Crippen LogP contribution is -2.22. The summed E-state index contributed by atoms with van der Waals surface area (Å²) >= 11 is 3.18. The molecule has 0 fully saturated rings. The third-order valence-corrected chi connectivity index (χ3v) is 6.51. The number of hydrogen-bond acceptors (Lipinski definition) is 8. The van der Waals surface area contributed by atoms with Crippen molar-refractivity contribution in [3.63, 3.8) is 0 Å². The van der Waals surface area contributed by atoms with E-state index in [4.69, 9.17) is 9.47 Å². The van der Waals surface area contributed by atoms with Crippen LogP contribution in [0.4, 0.5) is 0 Å². The third kappa shape index (κ3) is 16.7. The second-order valence-corrected chi connectivity index (χ2v) is 12.4. The maximum Gasteiger partial charge on any atom is 0.312 e. The topological polar surface area (TPSA) is 52.6 Å². The molecule has 0 spiro atoms. The van der Waals surface area contributed by atoms with E-state index in [2.05, 4.69) is 24.3 Å². The maximum atomic E-state index is 11.6. The van der Waals surface area contributed by atoms with Crippen LogP contribution in [-0.2, 0) is 19.1 Å². The predicted molar refractivity (Wildman–Crippen MR) is 129 cm³/mol. The number of hydrogen-bond donors (Lipinski definition) is 0. The van der Waals surface area contributed by atoms with Gasteiger partial charge in [0, 0.05) is 23.0 Å². The van der Waals surface area contributed by atoms with E-state index in [9.17, 15) is 9.59 Å². The molecule has 28 heavy (non-hydrogen) atoms. The first-order chi connectivity index (χ1) is 13.0. The highest BCUT2D eigenvalue weighted by Crippen LogP contribution is 2.21. The molecule has 0 amide bonds. The molecule has 0 unspecified atom stereocenters. The number of esters is 2. The first-order valence-electron chi connectivity index (χ1n) is 9.09. The van der Waals surface area contributed by atoms with Gasteiger partial charge in [0.15, 0.2) is 0 Å². The van der Waals surface area contributed by atoms with Crippen LogP contribution in [-0.4, -0.2) is 46.8 Å². The van der Waals surface area contributed by atoms with E-state index in [0.29, 0.717) is 11.9 Å². The Labute approximate surface area is 187 Å². The molecule has 0 saturated carbocycles. The van der Waals surface area contributed by atoms with Gasteiger partial charge in [0.2, 0.25) is 0 Å². The van der Waals surface area contributed by atoms with Gasteiger partial charge in [-0.25, -0.2) is 0 Å². The van der Waals surface area contributed by atoms with Gasteiger partial charge in [-0.2, -0.15) is 0 Å². The Morgan fingerprint density at radius 3 is 1.29 bits per heavy atom. The third-order valence-electron chi connectivity index (χ3n) is 2.94. The van der Waals surface area contributed by atoms with Crippen molar-refractivity contribution in [2.75, 3.05) is 34.9 Å². The lowest BCUT2D eigenvalue weighted by molar-refractivity contribution is -0.151. The smallest absolute Gasteiger partial charge is 0.312 e. The molecule has 0 saturated heterocycles. The molecule has 0 atom stereocenters. The zero-order chi connectivity index (χ0) is 21.5. The average Bonchev–Trinajstić information content (AvgIpc) is 2.59. The quantitative estimate of drug-likeness (QED) is 0.107. The minimum atomic E-state index is -0.434. The number of carbonyl (C=O) groups excluding carboxylic acids is 2. The van der Waals surface area contributed by atoms with Crippen molar-refractivity contribution >= 4 is 57.1 Å². The standard InChI is InChI=1S/C20H34O4S4/c1-19(2,3)17(21)23-15-25-11-7-9-13-27-28-14-10-8-12-26-16-24-18(22)20(4,5)6/h7-10H,11-16H2,1-6H3. The van der Waals surface area contributed by atoms with E-state index in [1.165, 1.54) is 0 Å². The molecular weight excluding hydrogens is 432 g/mol. The van der Waals surface area contributed by atoms with E-state index in [1.807, 2.05) is 63.1 Å². The molecular formula is C20H34O4S4. The lowest BCUT2D eigenvalue weighted by Gasteiger charge is -2.15. The molecule has 0 aromatic heterocycles. The Bertz CT molecular complexity index is 459. The van der Waals surface area contributed by atoms with Crippen LogP contribution in [0, 0.1) is 10.8 Å². The lowest BCUT2D eigenvalue weighted by atomic mass is 9.98. The van der Waals surface area contributed by atoms with Gasteiger partial charge in [0.05, 0.1) is 10.8 Å². The summed E-state index contributed by atoms with van der Waals surface area (Å²) in [5.74, 6) is 4.10. The molecule has 0 aliphatic rings. The van der Waals surface area contributed by atoms with Gasteiger partial charge < -0.3 is 9.47 Å². The van der Waals surface area contributed by atoms with Gasteiger partial charge in [-0.3, -0.25) is 9.59 Å². The van der Waals surface area contributed by atoms with Crippen LogP contribution in [0.5, 0.6) is 0 Å². The number of thioether (sulfide) groups is 2. The Morgan fingerprint density at radius 1 is 0.643 bits per heavy atom. The van der Waals surface area contributed by atoms with Crippen LogP contribution in [0.2, 0.25) is 0 Å². The van der Waals surface area contributed by atoms with Gasteiger partial charge >= 0.3 is 11.9 Å². The molecule has 0 heterocycles. The fraction of sp³-hybridized carbons (Fsp3) is 0.700. The van der Waals surface area contributed by atoms with Gasteiger partial charge in [0.25, 0.3) is 0 Å².